The molecule has 0 radical (unpaired) electrons. The van der Waals surface area contributed by atoms with Crippen molar-refractivity contribution >= 4 is 29.9 Å². The number of rotatable bonds is 7. The number of hydrogen-bond acceptors (Lipinski definition) is 3. The summed E-state index contributed by atoms with van der Waals surface area (Å²) in [7, 11) is 1.68. The molecule has 2 N–H and O–H groups in total. The van der Waals surface area contributed by atoms with Gasteiger partial charge in [0.05, 0.1) is 24.3 Å². The van der Waals surface area contributed by atoms with Crippen LogP contribution >= 0.6 is 24.0 Å². The van der Waals surface area contributed by atoms with Crippen LogP contribution in [0.25, 0.3) is 0 Å². The van der Waals surface area contributed by atoms with Crippen molar-refractivity contribution < 1.29 is 9.13 Å². The fraction of sp³-hybridized carbons (Fsp3) is 0.364. The van der Waals surface area contributed by atoms with Gasteiger partial charge in [-0.1, -0.05) is 18.2 Å². The van der Waals surface area contributed by atoms with Gasteiger partial charge in [-0.25, -0.2) is 4.39 Å². The van der Waals surface area contributed by atoms with Crippen LogP contribution < -0.4 is 15.4 Å². The molecule has 0 aromatic heterocycles. The second-order valence-electron chi connectivity index (χ2n) is 7.05. The maximum absolute atomic E-state index is 14.3. The molecule has 2 aromatic rings. The molecular formula is C22H26FIN4O. The van der Waals surface area contributed by atoms with Gasteiger partial charge in [0, 0.05) is 13.6 Å². The predicted octanol–water partition coefficient (Wildman–Crippen LogP) is 4.53. The predicted molar refractivity (Wildman–Crippen MR) is 123 cm³/mol. The van der Waals surface area contributed by atoms with Crippen molar-refractivity contribution in [2.75, 3.05) is 13.7 Å². The fourth-order valence-corrected chi connectivity index (χ4v) is 2.82. The molecule has 154 valence electrons. The molecule has 29 heavy (non-hydrogen) atoms. The van der Waals surface area contributed by atoms with Crippen LogP contribution in [0, 0.1) is 23.1 Å². The standard InChI is InChI=1S/C22H25FN4O.HI/c1-15(19-8-9-21(20(23)11-19)28-14-16-6-7-16)27-22(25-2)26-13-18-5-3-4-17(10-18)12-24;/h3-5,8-11,15-16H,6-7,13-14H2,1-2H3,(H2,25,26,27);1H. The van der Waals surface area contributed by atoms with Crippen LogP contribution in [-0.4, -0.2) is 19.6 Å². The molecule has 5 nitrogen and oxygen atoms in total. The number of ether oxygens (including phenoxy) is 1. The lowest BCUT2D eigenvalue weighted by molar-refractivity contribution is 0.285. The number of aliphatic imine (C=N–C) groups is 1. The molecule has 3 rings (SSSR count). The molecule has 1 atom stereocenters. The van der Waals surface area contributed by atoms with Crippen LogP contribution in [0.1, 0.15) is 42.5 Å². The Kier molecular flexibility index (Phi) is 8.70. The first kappa shape index (κ1) is 22.9. The number of hydrogen-bond donors (Lipinski definition) is 2. The average Bonchev–Trinajstić information content (AvgIpc) is 3.54. The van der Waals surface area contributed by atoms with Gasteiger partial charge in [-0.15, -0.1) is 24.0 Å². The van der Waals surface area contributed by atoms with Gasteiger partial charge in [-0.2, -0.15) is 5.26 Å². The van der Waals surface area contributed by atoms with Crippen molar-refractivity contribution in [1.82, 2.24) is 10.6 Å². The Hall–Kier alpha value is -2.34. The monoisotopic (exact) mass is 508 g/mol. The molecule has 1 unspecified atom stereocenters. The molecule has 0 spiro atoms. The number of halogens is 2. The van der Waals surface area contributed by atoms with Gasteiger partial charge in [-0.05, 0) is 61.1 Å². The van der Waals surface area contributed by atoms with Crippen molar-refractivity contribution in [3.05, 3.63) is 65.0 Å². The smallest absolute Gasteiger partial charge is 0.191 e. The van der Waals surface area contributed by atoms with Crippen LogP contribution in [0.4, 0.5) is 4.39 Å². The van der Waals surface area contributed by atoms with Crippen molar-refractivity contribution in [2.24, 2.45) is 10.9 Å². The van der Waals surface area contributed by atoms with E-state index in [4.69, 9.17) is 10.00 Å². The third-order valence-electron chi connectivity index (χ3n) is 4.72. The lowest BCUT2D eigenvalue weighted by Crippen LogP contribution is -2.38. The third-order valence-corrected chi connectivity index (χ3v) is 4.72. The number of benzene rings is 2. The molecule has 0 saturated heterocycles. The zero-order chi connectivity index (χ0) is 19.9. The van der Waals surface area contributed by atoms with Crippen LogP contribution in [0.15, 0.2) is 47.5 Å². The zero-order valence-corrected chi connectivity index (χ0v) is 18.9. The molecule has 7 heteroatoms. The highest BCUT2D eigenvalue weighted by Gasteiger charge is 2.22. The molecular weight excluding hydrogens is 482 g/mol. The molecule has 0 heterocycles. The van der Waals surface area contributed by atoms with Crippen molar-refractivity contribution in [3.63, 3.8) is 0 Å². The van der Waals surface area contributed by atoms with E-state index in [-0.39, 0.29) is 35.8 Å². The largest absolute Gasteiger partial charge is 0.490 e. The highest BCUT2D eigenvalue weighted by atomic mass is 127. The van der Waals surface area contributed by atoms with Crippen molar-refractivity contribution in [1.29, 1.82) is 5.26 Å². The van der Waals surface area contributed by atoms with Crippen LogP contribution in [0.2, 0.25) is 0 Å². The molecule has 1 fully saturated rings. The SMILES string of the molecule is CN=C(NCc1cccc(C#N)c1)NC(C)c1ccc(OCC2CC2)c(F)c1.I. The normalized spacial score (nSPS) is 14.3. The molecule has 1 aliphatic carbocycles. The summed E-state index contributed by atoms with van der Waals surface area (Å²) < 4.78 is 19.9. The van der Waals surface area contributed by atoms with Crippen LogP contribution in [0.3, 0.4) is 0 Å². The summed E-state index contributed by atoms with van der Waals surface area (Å²) in [6, 6.07) is 14.5. The minimum Gasteiger partial charge on any atom is -0.490 e. The molecule has 0 bridgehead atoms. The number of nitriles is 1. The van der Waals surface area contributed by atoms with E-state index in [9.17, 15) is 4.39 Å². The van der Waals surface area contributed by atoms with Gasteiger partial charge in [0.15, 0.2) is 17.5 Å². The lowest BCUT2D eigenvalue weighted by Gasteiger charge is -2.19. The van der Waals surface area contributed by atoms with Gasteiger partial charge in [0.2, 0.25) is 0 Å². The average molecular weight is 508 g/mol. The molecule has 1 aliphatic rings. The summed E-state index contributed by atoms with van der Waals surface area (Å²) in [6.07, 6.45) is 2.35. The second kappa shape index (κ2) is 11.0. The molecule has 1 saturated carbocycles. The topological polar surface area (TPSA) is 69.4 Å². The summed E-state index contributed by atoms with van der Waals surface area (Å²) >= 11 is 0. The fourth-order valence-electron chi connectivity index (χ4n) is 2.82. The Morgan fingerprint density at radius 3 is 2.76 bits per heavy atom. The van der Waals surface area contributed by atoms with E-state index in [1.54, 1.807) is 19.2 Å². The number of nitrogens with zero attached hydrogens (tertiary/aromatic N) is 2. The first-order valence-electron chi connectivity index (χ1n) is 9.47. The van der Waals surface area contributed by atoms with Crippen LogP contribution in [0.5, 0.6) is 5.75 Å². The molecule has 0 aliphatic heterocycles. The van der Waals surface area contributed by atoms with Gasteiger partial charge in [0.1, 0.15) is 0 Å². The Bertz CT molecular complexity index is 893. The van der Waals surface area contributed by atoms with Gasteiger partial charge in [-0.3, -0.25) is 4.99 Å². The summed E-state index contributed by atoms with van der Waals surface area (Å²) in [5.74, 6) is 1.15. The maximum Gasteiger partial charge on any atom is 0.191 e. The van der Waals surface area contributed by atoms with Gasteiger partial charge in [0.25, 0.3) is 0 Å². The number of nitrogens with one attached hydrogen (secondary N) is 2. The quantitative estimate of drug-likeness (QED) is 0.328. The maximum atomic E-state index is 14.3. The molecule has 0 amide bonds. The van der Waals surface area contributed by atoms with E-state index >= 15 is 0 Å². The highest BCUT2D eigenvalue weighted by Crippen LogP contribution is 2.30. The van der Waals surface area contributed by atoms with Crippen LogP contribution in [-0.2, 0) is 6.54 Å². The third kappa shape index (κ3) is 6.89. The summed E-state index contributed by atoms with van der Waals surface area (Å²) in [4.78, 5) is 4.22. The summed E-state index contributed by atoms with van der Waals surface area (Å²) in [5, 5.41) is 15.5. The van der Waals surface area contributed by atoms with E-state index < -0.39 is 0 Å². The van der Waals surface area contributed by atoms with E-state index in [1.165, 1.54) is 18.9 Å². The minimum absolute atomic E-state index is 0. The van der Waals surface area contributed by atoms with E-state index in [0.717, 1.165) is 11.1 Å². The zero-order valence-electron chi connectivity index (χ0n) is 16.6. The highest BCUT2D eigenvalue weighted by molar-refractivity contribution is 14.0. The summed E-state index contributed by atoms with van der Waals surface area (Å²) in [5.41, 5.74) is 2.42. The van der Waals surface area contributed by atoms with E-state index in [0.29, 0.717) is 36.3 Å². The first-order chi connectivity index (χ1) is 13.6. The Balaban J connectivity index is 0.00000300. The Morgan fingerprint density at radius 1 is 1.31 bits per heavy atom. The second-order valence-corrected chi connectivity index (χ2v) is 7.05. The lowest BCUT2D eigenvalue weighted by atomic mass is 10.1. The van der Waals surface area contributed by atoms with Gasteiger partial charge < -0.3 is 15.4 Å². The van der Waals surface area contributed by atoms with Gasteiger partial charge >= 0.3 is 0 Å². The van der Waals surface area contributed by atoms with Crippen molar-refractivity contribution in [3.8, 4) is 11.8 Å². The Morgan fingerprint density at radius 2 is 2.10 bits per heavy atom. The number of guanidine groups is 1. The molecule has 2 aromatic carbocycles. The first-order valence-corrected chi connectivity index (χ1v) is 9.47. The minimum atomic E-state index is -0.344. The Labute approximate surface area is 188 Å². The van der Waals surface area contributed by atoms with E-state index in [2.05, 4.69) is 21.7 Å². The summed E-state index contributed by atoms with van der Waals surface area (Å²) in [6.45, 7) is 3.07. The van der Waals surface area contributed by atoms with Crippen molar-refractivity contribution in [2.45, 2.75) is 32.4 Å². The van der Waals surface area contributed by atoms with E-state index in [1.807, 2.05) is 31.2 Å².